The Morgan fingerprint density at radius 1 is 1.31 bits per heavy atom. The predicted octanol–water partition coefficient (Wildman–Crippen LogP) is 0.783. The van der Waals surface area contributed by atoms with Crippen LogP contribution >= 0.6 is 0 Å². The zero-order valence-corrected chi connectivity index (χ0v) is 15.6. The molecule has 7 heteroatoms. The second-order valence-electron chi connectivity index (χ2n) is 6.42. The van der Waals surface area contributed by atoms with Gasteiger partial charge in [0, 0.05) is 27.1 Å². The van der Waals surface area contributed by atoms with Crippen LogP contribution in [0.3, 0.4) is 0 Å². The third-order valence-electron chi connectivity index (χ3n) is 4.79. The van der Waals surface area contributed by atoms with Crippen molar-refractivity contribution in [2.24, 2.45) is 5.92 Å². The van der Waals surface area contributed by atoms with E-state index in [0.29, 0.717) is 26.0 Å². The summed E-state index contributed by atoms with van der Waals surface area (Å²) in [4.78, 5) is 38.5. The molecule has 0 spiro atoms. The first-order valence-electron chi connectivity index (χ1n) is 8.81. The number of amides is 3. The molecule has 1 aliphatic heterocycles. The topological polar surface area (TPSA) is 87.7 Å². The van der Waals surface area contributed by atoms with Gasteiger partial charge in [0.2, 0.25) is 17.7 Å². The molecule has 0 radical (unpaired) electrons. The summed E-state index contributed by atoms with van der Waals surface area (Å²) in [5.41, 5.74) is 1.98. The second-order valence-corrected chi connectivity index (χ2v) is 6.42. The summed E-state index contributed by atoms with van der Waals surface area (Å²) in [7, 11) is 3.11. The van der Waals surface area contributed by atoms with Crippen molar-refractivity contribution in [2.75, 3.05) is 33.9 Å². The lowest BCUT2D eigenvalue weighted by molar-refractivity contribution is -0.144. The van der Waals surface area contributed by atoms with Gasteiger partial charge in [0.15, 0.2) is 0 Å². The van der Waals surface area contributed by atoms with Gasteiger partial charge in [-0.1, -0.05) is 24.3 Å². The molecule has 2 atom stereocenters. The fourth-order valence-corrected chi connectivity index (χ4v) is 3.37. The number of ether oxygens (including phenoxy) is 1. The van der Waals surface area contributed by atoms with Crippen LogP contribution in [0.25, 0.3) is 0 Å². The number of nitrogens with zero attached hydrogens (tertiary/aromatic N) is 1. The van der Waals surface area contributed by atoms with E-state index in [1.54, 1.807) is 12.0 Å². The lowest BCUT2D eigenvalue weighted by Gasteiger charge is -2.41. The van der Waals surface area contributed by atoms with Crippen molar-refractivity contribution in [2.45, 2.75) is 25.8 Å². The van der Waals surface area contributed by atoms with E-state index in [9.17, 15) is 14.4 Å². The van der Waals surface area contributed by atoms with E-state index in [0.717, 1.165) is 11.1 Å². The summed E-state index contributed by atoms with van der Waals surface area (Å²) < 4.78 is 5.15. The van der Waals surface area contributed by atoms with E-state index in [4.69, 9.17) is 4.74 Å². The number of hydrogen-bond acceptors (Lipinski definition) is 4. The maximum Gasteiger partial charge on any atom is 0.239 e. The van der Waals surface area contributed by atoms with Crippen molar-refractivity contribution in [3.05, 3.63) is 35.4 Å². The summed E-state index contributed by atoms with van der Waals surface area (Å²) in [6, 6.07) is 7.41. The molecule has 1 aromatic rings. The molecule has 1 saturated heterocycles. The van der Waals surface area contributed by atoms with Gasteiger partial charge in [0.1, 0.15) is 0 Å². The highest BCUT2D eigenvalue weighted by atomic mass is 16.5. The van der Waals surface area contributed by atoms with Gasteiger partial charge in [0.05, 0.1) is 25.1 Å². The first kappa shape index (κ1) is 19.9. The number of piperidine rings is 1. The molecule has 1 aliphatic rings. The highest BCUT2D eigenvalue weighted by molar-refractivity contribution is 5.88. The van der Waals surface area contributed by atoms with E-state index in [-0.39, 0.29) is 30.3 Å². The minimum Gasteiger partial charge on any atom is -0.383 e. The quantitative estimate of drug-likeness (QED) is 0.751. The van der Waals surface area contributed by atoms with Crippen LogP contribution in [0.15, 0.2) is 24.3 Å². The number of carbonyl (C=O) groups is 3. The minimum absolute atomic E-state index is 0.0191. The van der Waals surface area contributed by atoms with Crippen LogP contribution < -0.4 is 10.6 Å². The number of methoxy groups -OCH3 is 1. The van der Waals surface area contributed by atoms with Crippen molar-refractivity contribution in [3.8, 4) is 0 Å². The molecule has 7 nitrogen and oxygen atoms in total. The van der Waals surface area contributed by atoms with Gasteiger partial charge in [-0.25, -0.2) is 0 Å². The fourth-order valence-electron chi connectivity index (χ4n) is 3.37. The first-order valence-corrected chi connectivity index (χ1v) is 8.81. The number of hydrogen-bond donors (Lipinski definition) is 2. The van der Waals surface area contributed by atoms with Gasteiger partial charge in [0.25, 0.3) is 0 Å². The zero-order valence-electron chi connectivity index (χ0n) is 15.6. The van der Waals surface area contributed by atoms with Crippen LogP contribution in [0.1, 0.15) is 30.0 Å². The summed E-state index contributed by atoms with van der Waals surface area (Å²) in [6.07, 6.45) is 0.769. The Kier molecular flexibility index (Phi) is 7.15. The van der Waals surface area contributed by atoms with Crippen molar-refractivity contribution in [1.29, 1.82) is 0 Å². The summed E-state index contributed by atoms with van der Waals surface area (Å²) in [6.45, 7) is 2.73. The molecular weight excluding hydrogens is 334 g/mol. The average molecular weight is 361 g/mol. The molecule has 2 rings (SSSR count). The van der Waals surface area contributed by atoms with E-state index in [2.05, 4.69) is 10.6 Å². The van der Waals surface area contributed by atoms with Crippen LogP contribution in [0.2, 0.25) is 0 Å². The molecule has 26 heavy (non-hydrogen) atoms. The molecule has 2 N–H and O–H groups in total. The summed E-state index contributed by atoms with van der Waals surface area (Å²) in [5.74, 6) is -0.855. The van der Waals surface area contributed by atoms with Gasteiger partial charge in [-0.05, 0) is 24.5 Å². The standard InChI is InChI=1S/C19H27N3O4/c1-13-6-4-5-7-14(13)18-15(19(25)21-12-16(23)20-2)8-9-17(24)22(18)10-11-26-3/h4-7,15,18H,8-12H2,1-3H3,(H,20,23)(H,21,25)/t15-,18+/m1/s1. The van der Waals surface area contributed by atoms with E-state index in [1.165, 1.54) is 7.05 Å². The highest BCUT2D eigenvalue weighted by Gasteiger charge is 2.40. The summed E-state index contributed by atoms with van der Waals surface area (Å²) in [5, 5.41) is 5.18. The van der Waals surface area contributed by atoms with Gasteiger partial charge >= 0.3 is 0 Å². The SMILES string of the molecule is CNC(=O)CNC(=O)[C@@H]1CCC(=O)N(CCOC)[C@H]1c1ccccc1C. The number of rotatable bonds is 7. The molecule has 1 heterocycles. The second kappa shape index (κ2) is 9.33. The summed E-state index contributed by atoms with van der Waals surface area (Å²) >= 11 is 0. The highest BCUT2D eigenvalue weighted by Crippen LogP contribution is 2.38. The Balaban J connectivity index is 2.31. The predicted molar refractivity (Wildman–Crippen MR) is 97.3 cm³/mol. The van der Waals surface area contributed by atoms with Gasteiger partial charge in [-0.3, -0.25) is 14.4 Å². The van der Waals surface area contributed by atoms with Gasteiger partial charge in [-0.15, -0.1) is 0 Å². The molecule has 0 aliphatic carbocycles. The van der Waals surface area contributed by atoms with E-state index >= 15 is 0 Å². The third kappa shape index (κ3) is 4.60. The fraction of sp³-hybridized carbons (Fsp3) is 0.526. The average Bonchev–Trinajstić information content (AvgIpc) is 2.65. The molecule has 1 aromatic carbocycles. The Bertz CT molecular complexity index is 662. The Labute approximate surface area is 154 Å². The Morgan fingerprint density at radius 3 is 2.69 bits per heavy atom. The van der Waals surface area contributed by atoms with Crippen LogP contribution in [0.5, 0.6) is 0 Å². The number of benzene rings is 1. The lowest BCUT2D eigenvalue weighted by Crippen LogP contribution is -2.50. The zero-order chi connectivity index (χ0) is 19.1. The maximum atomic E-state index is 12.8. The van der Waals surface area contributed by atoms with Crippen LogP contribution in [0, 0.1) is 12.8 Å². The van der Waals surface area contributed by atoms with Crippen LogP contribution in [-0.2, 0) is 19.1 Å². The smallest absolute Gasteiger partial charge is 0.239 e. The molecule has 1 fully saturated rings. The minimum atomic E-state index is -0.407. The molecular formula is C19H27N3O4. The van der Waals surface area contributed by atoms with Crippen LogP contribution in [-0.4, -0.2) is 56.5 Å². The van der Waals surface area contributed by atoms with Crippen LogP contribution in [0.4, 0.5) is 0 Å². The van der Waals surface area contributed by atoms with Crippen molar-refractivity contribution in [1.82, 2.24) is 15.5 Å². The van der Waals surface area contributed by atoms with Gasteiger partial charge < -0.3 is 20.3 Å². The normalized spacial score (nSPS) is 20.0. The van der Waals surface area contributed by atoms with E-state index < -0.39 is 5.92 Å². The maximum absolute atomic E-state index is 12.8. The molecule has 0 bridgehead atoms. The third-order valence-corrected chi connectivity index (χ3v) is 4.79. The lowest BCUT2D eigenvalue weighted by atomic mass is 9.82. The Hall–Kier alpha value is -2.41. The molecule has 0 aromatic heterocycles. The van der Waals surface area contributed by atoms with Crippen molar-refractivity contribution >= 4 is 17.7 Å². The molecule has 3 amide bonds. The number of aryl methyl sites for hydroxylation is 1. The Morgan fingerprint density at radius 2 is 2.04 bits per heavy atom. The first-order chi connectivity index (χ1) is 12.5. The van der Waals surface area contributed by atoms with E-state index in [1.807, 2.05) is 31.2 Å². The monoisotopic (exact) mass is 361 g/mol. The van der Waals surface area contributed by atoms with Crippen molar-refractivity contribution < 1.29 is 19.1 Å². The molecule has 0 unspecified atom stereocenters. The number of nitrogens with one attached hydrogen (secondary N) is 2. The number of likely N-dealkylation sites (N-methyl/N-ethyl adjacent to an activating group) is 1. The molecule has 142 valence electrons. The number of carbonyl (C=O) groups excluding carboxylic acids is 3. The largest absolute Gasteiger partial charge is 0.383 e. The number of likely N-dealkylation sites (tertiary alicyclic amines) is 1. The van der Waals surface area contributed by atoms with Gasteiger partial charge in [-0.2, -0.15) is 0 Å². The van der Waals surface area contributed by atoms with Crippen molar-refractivity contribution in [3.63, 3.8) is 0 Å². The molecule has 0 saturated carbocycles.